The van der Waals surface area contributed by atoms with Crippen molar-refractivity contribution in [2.45, 2.75) is 0 Å². The molecular formula is C13H13Cl2N3O2. The van der Waals surface area contributed by atoms with E-state index in [4.69, 9.17) is 33.2 Å². The minimum atomic E-state index is -0.498. The smallest absolute Gasteiger partial charge is 0.263 e. The van der Waals surface area contributed by atoms with Gasteiger partial charge in [-0.1, -0.05) is 11.6 Å². The summed E-state index contributed by atoms with van der Waals surface area (Å²) in [6.07, 6.45) is 1.29. The first-order valence-corrected chi connectivity index (χ1v) is 6.58. The molecule has 0 bridgehead atoms. The van der Waals surface area contributed by atoms with E-state index in [9.17, 15) is 4.79 Å². The molecule has 0 radical (unpaired) electrons. The maximum atomic E-state index is 11.6. The number of nitriles is 1. The van der Waals surface area contributed by atoms with Crippen molar-refractivity contribution in [3.63, 3.8) is 0 Å². The highest BCUT2D eigenvalue weighted by molar-refractivity contribution is 6.30. The summed E-state index contributed by atoms with van der Waals surface area (Å²) in [5.41, 5.74) is 0.482. The van der Waals surface area contributed by atoms with Gasteiger partial charge in [0.05, 0.1) is 12.8 Å². The molecule has 0 saturated heterocycles. The van der Waals surface area contributed by atoms with Gasteiger partial charge in [-0.2, -0.15) is 5.26 Å². The van der Waals surface area contributed by atoms with Crippen molar-refractivity contribution < 1.29 is 9.53 Å². The van der Waals surface area contributed by atoms with Gasteiger partial charge in [-0.3, -0.25) is 4.79 Å². The second-order valence-corrected chi connectivity index (χ2v) is 4.42. The molecule has 2 N–H and O–H groups in total. The normalized spacial score (nSPS) is 10.6. The van der Waals surface area contributed by atoms with Gasteiger partial charge in [-0.15, -0.1) is 11.6 Å². The third-order valence-electron chi connectivity index (χ3n) is 2.28. The molecule has 0 unspecified atom stereocenters. The van der Waals surface area contributed by atoms with Crippen LogP contribution in [0, 0.1) is 11.3 Å². The van der Waals surface area contributed by atoms with Crippen LogP contribution in [0.4, 0.5) is 5.69 Å². The van der Waals surface area contributed by atoms with Crippen LogP contribution in [-0.4, -0.2) is 25.4 Å². The lowest BCUT2D eigenvalue weighted by atomic mass is 10.2. The van der Waals surface area contributed by atoms with E-state index in [0.29, 0.717) is 23.0 Å². The molecule has 0 aliphatic heterocycles. The number of carbonyl (C=O) groups excluding carboxylic acids is 1. The third kappa shape index (κ3) is 4.65. The summed E-state index contributed by atoms with van der Waals surface area (Å²) in [6.45, 7) is 0.292. The molecule has 0 atom stereocenters. The Hall–Kier alpha value is -1.90. The van der Waals surface area contributed by atoms with Crippen LogP contribution in [0.3, 0.4) is 0 Å². The summed E-state index contributed by atoms with van der Waals surface area (Å²) in [5, 5.41) is 14.8. The molecule has 1 aromatic carbocycles. The van der Waals surface area contributed by atoms with E-state index in [0.717, 1.165) is 0 Å². The number of alkyl halides is 1. The van der Waals surface area contributed by atoms with Crippen LogP contribution in [0.5, 0.6) is 5.75 Å². The summed E-state index contributed by atoms with van der Waals surface area (Å²) in [7, 11) is 1.51. The number of ether oxygens (including phenoxy) is 1. The van der Waals surface area contributed by atoms with Gasteiger partial charge in [0.1, 0.15) is 17.4 Å². The SMILES string of the molecule is COc1ccc(Cl)cc1N/C=C(/C#N)C(=O)NCCCl. The molecule has 0 heterocycles. The van der Waals surface area contributed by atoms with Crippen molar-refractivity contribution >= 4 is 34.8 Å². The maximum absolute atomic E-state index is 11.6. The second-order valence-electron chi connectivity index (χ2n) is 3.60. The van der Waals surface area contributed by atoms with E-state index in [1.807, 2.05) is 0 Å². The molecule has 7 heteroatoms. The minimum absolute atomic E-state index is 0.0721. The van der Waals surface area contributed by atoms with E-state index >= 15 is 0 Å². The summed E-state index contributed by atoms with van der Waals surface area (Å²) >= 11 is 11.3. The van der Waals surface area contributed by atoms with Crippen LogP contribution in [0.25, 0.3) is 0 Å². The maximum Gasteiger partial charge on any atom is 0.263 e. The Balaban J connectivity index is 2.86. The van der Waals surface area contributed by atoms with Crippen LogP contribution in [-0.2, 0) is 4.79 Å². The molecule has 5 nitrogen and oxygen atoms in total. The van der Waals surface area contributed by atoms with Crippen molar-refractivity contribution in [1.82, 2.24) is 5.32 Å². The van der Waals surface area contributed by atoms with Crippen LogP contribution < -0.4 is 15.4 Å². The molecule has 0 spiro atoms. The Morgan fingerprint density at radius 2 is 2.30 bits per heavy atom. The number of halogens is 2. The molecule has 0 aliphatic carbocycles. The molecule has 0 aromatic heterocycles. The molecule has 1 aromatic rings. The van der Waals surface area contributed by atoms with Gasteiger partial charge in [-0.25, -0.2) is 0 Å². The number of nitrogens with one attached hydrogen (secondary N) is 2. The number of methoxy groups -OCH3 is 1. The van der Waals surface area contributed by atoms with Crippen LogP contribution >= 0.6 is 23.2 Å². The monoisotopic (exact) mass is 313 g/mol. The Morgan fingerprint density at radius 3 is 2.90 bits per heavy atom. The van der Waals surface area contributed by atoms with Crippen molar-refractivity contribution in [2.24, 2.45) is 0 Å². The van der Waals surface area contributed by atoms with Gasteiger partial charge >= 0.3 is 0 Å². The Bertz CT molecular complexity index is 553. The number of hydrogen-bond acceptors (Lipinski definition) is 4. The number of hydrogen-bond donors (Lipinski definition) is 2. The van der Waals surface area contributed by atoms with Gasteiger partial charge in [0, 0.05) is 23.6 Å². The predicted molar refractivity (Wildman–Crippen MR) is 79.1 cm³/mol. The van der Waals surface area contributed by atoms with E-state index in [-0.39, 0.29) is 11.5 Å². The van der Waals surface area contributed by atoms with Gasteiger partial charge in [0.2, 0.25) is 0 Å². The summed E-state index contributed by atoms with van der Waals surface area (Å²) in [6, 6.07) is 6.78. The Labute approximate surface area is 127 Å². The third-order valence-corrected chi connectivity index (χ3v) is 2.70. The summed E-state index contributed by atoms with van der Waals surface area (Å²) in [5.74, 6) is 0.325. The highest BCUT2D eigenvalue weighted by Crippen LogP contribution is 2.27. The number of carbonyl (C=O) groups is 1. The van der Waals surface area contributed by atoms with E-state index in [1.54, 1.807) is 24.3 Å². The molecule has 20 heavy (non-hydrogen) atoms. The lowest BCUT2D eigenvalue weighted by Gasteiger charge is -2.09. The van der Waals surface area contributed by atoms with Crippen LogP contribution in [0.1, 0.15) is 0 Å². The van der Waals surface area contributed by atoms with Gasteiger partial charge in [0.25, 0.3) is 5.91 Å². The van der Waals surface area contributed by atoms with E-state index in [2.05, 4.69) is 10.6 Å². The average molecular weight is 314 g/mol. The predicted octanol–water partition coefficient (Wildman–Crippen LogP) is 2.52. The Kier molecular flexibility index (Phi) is 6.71. The fourth-order valence-electron chi connectivity index (χ4n) is 1.35. The fourth-order valence-corrected chi connectivity index (χ4v) is 1.61. The Morgan fingerprint density at radius 1 is 1.55 bits per heavy atom. The molecular weight excluding hydrogens is 301 g/mol. The quantitative estimate of drug-likeness (QED) is 0.481. The van der Waals surface area contributed by atoms with E-state index in [1.165, 1.54) is 13.3 Å². The topological polar surface area (TPSA) is 74.1 Å². The highest BCUT2D eigenvalue weighted by Gasteiger charge is 2.08. The summed E-state index contributed by atoms with van der Waals surface area (Å²) < 4.78 is 5.14. The molecule has 0 saturated carbocycles. The number of amides is 1. The number of benzene rings is 1. The molecule has 1 amide bonds. The first-order valence-electron chi connectivity index (χ1n) is 5.67. The minimum Gasteiger partial charge on any atom is -0.495 e. The van der Waals surface area contributed by atoms with Crippen LogP contribution in [0.2, 0.25) is 5.02 Å². The van der Waals surface area contributed by atoms with E-state index < -0.39 is 5.91 Å². The summed E-state index contributed by atoms with van der Waals surface area (Å²) in [4.78, 5) is 11.6. The zero-order valence-corrected chi connectivity index (χ0v) is 12.3. The fraction of sp³-hybridized carbons (Fsp3) is 0.231. The first kappa shape index (κ1) is 16.2. The average Bonchev–Trinajstić information content (AvgIpc) is 2.45. The van der Waals surface area contributed by atoms with Crippen molar-refractivity contribution in [3.05, 3.63) is 35.0 Å². The zero-order chi connectivity index (χ0) is 15.0. The molecule has 106 valence electrons. The van der Waals surface area contributed by atoms with Gasteiger partial charge < -0.3 is 15.4 Å². The van der Waals surface area contributed by atoms with Crippen molar-refractivity contribution in [2.75, 3.05) is 24.9 Å². The second kappa shape index (κ2) is 8.31. The van der Waals surface area contributed by atoms with Crippen molar-refractivity contribution in [1.29, 1.82) is 5.26 Å². The number of anilines is 1. The van der Waals surface area contributed by atoms with Crippen molar-refractivity contribution in [3.8, 4) is 11.8 Å². The van der Waals surface area contributed by atoms with Gasteiger partial charge in [0.15, 0.2) is 0 Å². The highest BCUT2D eigenvalue weighted by atomic mass is 35.5. The number of nitrogens with zero attached hydrogens (tertiary/aromatic N) is 1. The zero-order valence-electron chi connectivity index (χ0n) is 10.7. The van der Waals surface area contributed by atoms with Crippen LogP contribution in [0.15, 0.2) is 30.0 Å². The lowest BCUT2D eigenvalue weighted by Crippen LogP contribution is -2.26. The largest absolute Gasteiger partial charge is 0.495 e. The molecule has 1 rings (SSSR count). The molecule has 0 fully saturated rings. The molecule has 0 aliphatic rings. The lowest BCUT2D eigenvalue weighted by molar-refractivity contribution is -0.117. The van der Waals surface area contributed by atoms with Gasteiger partial charge in [-0.05, 0) is 18.2 Å². The first-order chi connectivity index (χ1) is 9.62. The number of rotatable bonds is 6. The standard InChI is InChI=1S/C13H13Cl2N3O2/c1-20-12-3-2-10(15)6-11(12)18-8-9(7-16)13(19)17-5-4-14/h2-3,6,8,18H,4-5H2,1H3,(H,17,19)/b9-8-.